The van der Waals surface area contributed by atoms with Gasteiger partial charge in [0, 0.05) is 5.70 Å². The molecule has 3 aliphatic rings. The van der Waals surface area contributed by atoms with E-state index < -0.39 is 0 Å². The molecular formula is C13H13CrN. The molecule has 2 aliphatic carbocycles. The van der Waals surface area contributed by atoms with E-state index in [1.807, 2.05) is 6.21 Å². The van der Waals surface area contributed by atoms with Crippen molar-refractivity contribution in [2.45, 2.75) is 6.92 Å². The molecule has 0 aromatic rings. The second-order valence-electron chi connectivity index (χ2n) is 3.73. The predicted molar refractivity (Wildman–Crippen MR) is 60.7 cm³/mol. The summed E-state index contributed by atoms with van der Waals surface area (Å²) in [7, 11) is 0. The molecule has 1 aliphatic heterocycles. The van der Waals surface area contributed by atoms with E-state index in [4.69, 9.17) is 0 Å². The molecule has 1 atom stereocenters. The Morgan fingerprint density at radius 3 is 2.80 bits per heavy atom. The van der Waals surface area contributed by atoms with Crippen LogP contribution in [0.2, 0.25) is 0 Å². The van der Waals surface area contributed by atoms with Gasteiger partial charge in [0.15, 0.2) is 0 Å². The van der Waals surface area contributed by atoms with Gasteiger partial charge >= 0.3 is 17.4 Å². The molecule has 0 saturated heterocycles. The fraction of sp³-hybridized carbons (Fsp3) is 0.154. The van der Waals surface area contributed by atoms with Crippen LogP contribution in [0.25, 0.3) is 0 Å². The summed E-state index contributed by atoms with van der Waals surface area (Å²) in [5.74, 6) is 1.31. The van der Waals surface area contributed by atoms with Crippen LogP contribution in [0.3, 0.4) is 0 Å². The van der Waals surface area contributed by atoms with Gasteiger partial charge in [-0.05, 0) is 17.7 Å². The van der Waals surface area contributed by atoms with E-state index in [1.54, 1.807) is 0 Å². The van der Waals surface area contributed by atoms with Gasteiger partial charge in [0.05, 0.1) is 0 Å². The van der Waals surface area contributed by atoms with Crippen LogP contribution in [0.15, 0.2) is 52.7 Å². The SMILES string of the molecule is CC12C3=CC=CC=C1N=C[C-]2C=C3.[CH3-].[Cr+2]. The molecular weight excluding hydrogens is 222 g/mol. The molecule has 3 rings (SSSR count). The summed E-state index contributed by atoms with van der Waals surface area (Å²) in [5, 5.41) is 0. The summed E-state index contributed by atoms with van der Waals surface area (Å²) in [4.78, 5) is 4.43. The molecule has 0 amide bonds. The summed E-state index contributed by atoms with van der Waals surface area (Å²) in [6, 6.07) is 0. The Balaban J connectivity index is 0.000000562. The Hall–Kier alpha value is -0.968. The molecule has 1 nitrogen and oxygen atoms in total. The first-order valence-corrected chi connectivity index (χ1v) is 4.51. The number of aliphatic imine (C=N–C) groups is 1. The van der Waals surface area contributed by atoms with Crippen LogP contribution >= 0.6 is 0 Å². The number of hydrogen-bond acceptors (Lipinski definition) is 1. The minimum atomic E-state index is 0. The standard InChI is InChI=1S/C12H10N.CH3.Cr/c1-12-9-4-2-3-5-11(12)13-8-10(12)7-6-9;;/h2-8H,1H3;1H3;/q2*-1;+2. The van der Waals surface area contributed by atoms with E-state index in [0.717, 1.165) is 5.70 Å². The first kappa shape index (κ1) is 12.1. The average Bonchev–Trinajstić information content (AvgIpc) is 2.54. The number of rotatable bonds is 0. The van der Waals surface area contributed by atoms with Gasteiger partial charge < -0.3 is 7.43 Å². The zero-order valence-corrected chi connectivity index (χ0v) is 10.2. The molecule has 0 bridgehead atoms. The van der Waals surface area contributed by atoms with Gasteiger partial charge in [-0.15, -0.1) is 5.57 Å². The molecule has 0 fully saturated rings. The molecule has 0 aromatic carbocycles. The van der Waals surface area contributed by atoms with Crippen molar-refractivity contribution in [3.63, 3.8) is 0 Å². The van der Waals surface area contributed by atoms with Crippen molar-refractivity contribution >= 4 is 6.21 Å². The van der Waals surface area contributed by atoms with Crippen LogP contribution in [0.1, 0.15) is 6.92 Å². The van der Waals surface area contributed by atoms with Gasteiger partial charge in [0.2, 0.25) is 0 Å². The van der Waals surface area contributed by atoms with Crippen LogP contribution < -0.4 is 0 Å². The maximum Gasteiger partial charge on any atom is 2.00 e. The van der Waals surface area contributed by atoms with Crippen LogP contribution in [0.4, 0.5) is 0 Å². The second kappa shape index (κ2) is 3.89. The molecule has 0 spiro atoms. The first-order valence-electron chi connectivity index (χ1n) is 4.51. The molecule has 1 unspecified atom stereocenters. The quantitative estimate of drug-likeness (QED) is 0.572. The zero-order chi connectivity index (χ0) is 8.89. The predicted octanol–water partition coefficient (Wildman–Crippen LogP) is 3.05. The maximum absolute atomic E-state index is 4.43. The molecule has 1 heterocycles. The Bertz CT molecular complexity index is 376. The van der Waals surface area contributed by atoms with E-state index in [9.17, 15) is 0 Å². The zero-order valence-electron chi connectivity index (χ0n) is 8.90. The summed E-state index contributed by atoms with van der Waals surface area (Å²) in [5.41, 5.74) is 2.55. The largest absolute Gasteiger partial charge is 2.00 e. The average molecular weight is 235 g/mol. The summed E-state index contributed by atoms with van der Waals surface area (Å²) in [6.45, 7) is 2.24. The number of allylic oxidation sites excluding steroid dienone is 7. The fourth-order valence-electron chi connectivity index (χ4n) is 2.15. The van der Waals surface area contributed by atoms with E-state index >= 15 is 0 Å². The summed E-state index contributed by atoms with van der Waals surface area (Å²) in [6.07, 6.45) is 14.7. The van der Waals surface area contributed by atoms with Crippen molar-refractivity contribution in [2.75, 3.05) is 0 Å². The van der Waals surface area contributed by atoms with Crippen molar-refractivity contribution in [3.8, 4) is 0 Å². The third-order valence-corrected chi connectivity index (χ3v) is 3.09. The maximum atomic E-state index is 4.43. The fourth-order valence-corrected chi connectivity index (χ4v) is 2.15. The van der Waals surface area contributed by atoms with Crippen molar-refractivity contribution in [1.82, 2.24) is 0 Å². The third kappa shape index (κ3) is 1.37. The molecule has 15 heavy (non-hydrogen) atoms. The van der Waals surface area contributed by atoms with E-state index in [2.05, 4.69) is 48.4 Å². The topological polar surface area (TPSA) is 12.4 Å². The van der Waals surface area contributed by atoms with Crippen molar-refractivity contribution in [1.29, 1.82) is 0 Å². The van der Waals surface area contributed by atoms with Gasteiger partial charge in [-0.25, -0.2) is 12.2 Å². The molecule has 0 N–H and O–H groups in total. The molecule has 0 saturated carbocycles. The molecule has 0 aromatic heterocycles. The minimum absolute atomic E-state index is 0. The van der Waals surface area contributed by atoms with Gasteiger partial charge in [-0.3, -0.25) is 4.99 Å². The van der Waals surface area contributed by atoms with Gasteiger partial charge in [-0.1, -0.05) is 25.2 Å². The van der Waals surface area contributed by atoms with Crippen LogP contribution in [0.5, 0.6) is 0 Å². The Morgan fingerprint density at radius 2 is 2.00 bits per heavy atom. The smallest absolute Gasteiger partial charge is 0.358 e. The summed E-state index contributed by atoms with van der Waals surface area (Å²) < 4.78 is 0. The van der Waals surface area contributed by atoms with Crippen LogP contribution in [0, 0.1) is 18.8 Å². The third-order valence-electron chi connectivity index (χ3n) is 3.09. The monoisotopic (exact) mass is 235 g/mol. The Labute approximate surface area is 102 Å². The van der Waals surface area contributed by atoms with Crippen molar-refractivity contribution in [2.24, 2.45) is 10.4 Å². The second-order valence-corrected chi connectivity index (χ2v) is 3.73. The normalized spacial score (nSPS) is 28.7. The van der Waals surface area contributed by atoms with Gasteiger partial charge in [0.1, 0.15) is 0 Å². The van der Waals surface area contributed by atoms with Gasteiger partial charge in [0.25, 0.3) is 0 Å². The molecule has 0 radical (unpaired) electrons. The van der Waals surface area contributed by atoms with E-state index in [0.29, 0.717) is 0 Å². The van der Waals surface area contributed by atoms with Crippen molar-refractivity contribution in [3.05, 3.63) is 61.1 Å². The molecule has 2 heteroatoms. The van der Waals surface area contributed by atoms with Crippen molar-refractivity contribution < 1.29 is 17.4 Å². The first-order chi connectivity index (χ1) is 6.32. The summed E-state index contributed by atoms with van der Waals surface area (Å²) >= 11 is 0. The van der Waals surface area contributed by atoms with E-state index in [-0.39, 0.29) is 30.2 Å². The Morgan fingerprint density at radius 1 is 1.27 bits per heavy atom. The molecule has 76 valence electrons. The minimum Gasteiger partial charge on any atom is -0.358 e. The Kier molecular flexibility index (Phi) is 3.14. The number of nitrogens with zero attached hydrogens (tertiary/aromatic N) is 1. The number of hydrogen-bond donors (Lipinski definition) is 0. The van der Waals surface area contributed by atoms with Gasteiger partial charge in [-0.2, -0.15) is 5.92 Å². The van der Waals surface area contributed by atoms with E-state index in [1.165, 1.54) is 11.5 Å². The van der Waals surface area contributed by atoms with Crippen LogP contribution in [-0.4, -0.2) is 6.21 Å². The van der Waals surface area contributed by atoms with Crippen LogP contribution in [-0.2, 0) is 17.4 Å².